The second-order valence-corrected chi connectivity index (χ2v) is 3.21. The zero-order valence-electron chi connectivity index (χ0n) is 7.94. The van der Waals surface area contributed by atoms with Crippen molar-refractivity contribution in [1.29, 1.82) is 0 Å². The van der Waals surface area contributed by atoms with Crippen LogP contribution in [-0.2, 0) is 0 Å². The summed E-state index contributed by atoms with van der Waals surface area (Å²) < 4.78 is 13.0. The van der Waals surface area contributed by atoms with Crippen LogP contribution in [0.4, 0.5) is 15.8 Å². The summed E-state index contributed by atoms with van der Waals surface area (Å²) in [4.78, 5) is 4.04. The highest BCUT2D eigenvalue weighted by Gasteiger charge is 2.05. The third kappa shape index (κ3) is 1.88. The van der Waals surface area contributed by atoms with Crippen LogP contribution in [-0.4, -0.2) is 4.98 Å². The van der Waals surface area contributed by atoms with Gasteiger partial charge in [0.25, 0.3) is 0 Å². The zero-order valence-corrected chi connectivity index (χ0v) is 7.94. The molecule has 0 unspecified atom stereocenters. The summed E-state index contributed by atoms with van der Waals surface area (Å²) in [5, 5.41) is 0. The molecule has 15 heavy (non-hydrogen) atoms. The fourth-order valence-electron chi connectivity index (χ4n) is 1.35. The van der Waals surface area contributed by atoms with Gasteiger partial charge < -0.3 is 11.5 Å². The van der Waals surface area contributed by atoms with Crippen LogP contribution in [0.3, 0.4) is 0 Å². The monoisotopic (exact) mass is 203 g/mol. The molecule has 0 radical (unpaired) electrons. The van der Waals surface area contributed by atoms with Gasteiger partial charge in [0.2, 0.25) is 0 Å². The van der Waals surface area contributed by atoms with Gasteiger partial charge in [-0.2, -0.15) is 0 Å². The Balaban J connectivity index is 2.58. The van der Waals surface area contributed by atoms with Crippen molar-refractivity contribution in [1.82, 2.24) is 4.98 Å². The molecule has 76 valence electrons. The molecule has 0 aliphatic rings. The molecule has 0 saturated carbocycles. The largest absolute Gasteiger partial charge is 0.399 e. The van der Waals surface area contributed by atoms with Crippen molar-refractivity contribution >= 4 is 11.4 Å². The smallest absolute Gasteiger partial charge is 0.126 e. The first-order valence-electron chi connectivity index (χ1n) is 4.44. The van der Waals surface area contributed by atoms with Gasteiger partial charge in [-0.1, -0.05) is 0 Å². The Hall–Kier alpha value is -2.10. The second-order valence-electron chi connectivity index (χ2n) is 3.21. The molecule has 0 atom stereocenters. The maximum absolute atomic E-state index is 13.0. The number of halogens is 1. The molecule has 0 amide bonds. The number of nitrogens with zero attached hydrogens (tertiary/aromatic N) is 1. The SMILES string of the molecule is Nc1ccc(N)c(-c2cc(F)ccn2)c1. The molecule has 1 heterocycles. The predicted octanol–water partition coefficient (Wildman–Crippen LogP) is 2.05. The molecule has 0 saturated heterocycles. The molecule has 2 aromatic rings. The number of nitrogen functional groups attached to an aromatic ring is 2. The van der Waals surface area contributed by atoms with E-state index in [0.29, 0.717) is 22.6 Å². The highest BCUT2D eigenvalue weighted by molar-refractivity contribution is 5.76. The summed E-state index contributed by atoms with van der Waals surface area (Å²) in [6, 6.07) is 7.66. The second kappa shape index (κ2) is 3.57. The van der Waals surface area contributed by atoms with Crippen molar-refractivity contribution in [3.63, 3.8) is 0 Å². The van der Waals surface area contributed by atoms with Crippen LogP contribution >= 0.6 is 0 Å². The lowest BCUT2D eigenvalue weighted by atomic mass is 10.1. The number of aromatic nitrogens is 1. The number of anilines is 2. The van der Waals surface area contributed by atoms with E-state index in [2.05, 4.69) is 4.98 Å². The predicted molar refractivity (Wildman–Crippen MR) is 58.5 cm³/mol. The van der Waals surface area contributed by atoms with Crippen LogP contribution in [0.25, 0.3) is 11.3 Å². The van der Waals surface area contributed by atoms with Crippen molar-refractivity contribution in [2.45, 2.75) is 0 Å². The molecule has 0 aliphatic carbocycles. The Morgan fingerprint density at radius 1 is 1.07 bits per heavy atom. The molecule has 0 spiro atoms. The van der Waals surface area contributed by atoms with E-state index in [1.54, 1.807) is 18.2 Å². The van der Waals surface area contributed by atoms with Gasteiger partial charge in [0, 0.05) is 29.2 Å². The first kappa shape index (κ1) is 9.45. The molecule has 0 fully saturated rings. The van der Waals surface area contributed by atoms with E-state index in [0.717, 1.165) is 0 Å². The van der Waals surface area contributed by atoms with E-state index >= 15 is 0 Å². The van der Waals surface area contributed by atoms with Gasteiger partial charge in [0.1, 0.15) is 5.82 Å². The van der Waals surface area contributed by atoms with Gasteiger partial charge in [-0.25, -0.2) is 4.39 Å². The molecule has 3 nitrogen and oxygen atoms in total. The van der Waals surface area contributed by atoms with Crippen molar-refractivity contribution in [3.8, 4) is 11.3 Å². The van der Waals surface area contributed by atoms with Crippen LogP contribution in [0, 0.1) is 5.82 Å². The van der Waals surface area contributed by atoms with E-state index in [4.69, 9.17) is 11.5 Å². The average Bonchev–Trinajstić information content (AvgIpc) is 2.22. The fourth-order valence-corrected chi connectivity index (χ4v) is 1.35. The normalized spacial score (nSPS) is 10.2. The van der Waals surface area contributed by atoms with E-state index in [9.17, 15) is 4.39 Å². The summed E-state index contributed by atoms with van der Waals surface area (Å²) in [6.45, 7) is 0. The van der Waals surface area contributed by atoms with Crippen LogP contribution in [0.1, 0.15) is 0 Å². The van der Waals surface area contributed by atoms with Gasteiger partial charge >= 0.3 is 0 Å². The third-order valence-electron chi connectivity index (χ3n) is 2.08. The van der Waals surface area contributed by atoms with Gasteiger partial charge in [0.15, 0.2) is 0 Å². The Labute approximate surface area is 86.6 Å². The third-order valence-corrected chi connectivity index (χ3v) is 2.08. The van der Waals surface area contributed by atoms with Crippen molar-refractivity contribution in [3.05, 3.63) is 42.3 Å². The van der Waals surface area contributed by atoms with Gasteiger partial charge in [-0.15, -0.1) is 0 Å². The zero-order chi connectivity index (χ0) is 10.8. The van der Waals surface area contributed by atoms with Gasteiger partial charge in [-0.05, 0) is 24.3 Å². The van der Waals surface area contributed by atoms with Crippen LogP contribution < -0.4 is 11.5 Å². The summed E-state index contributed by atoms with van der Waals surface area (Å²) in [7, 11) is 0. The lowest BCUT2D eigenvalue weighted by Crippen LogP contribution is -1.94. The number of pyridine rings is 1. The first-order valence-corrected chi connectivity index (χ1v) is 4.44. The van der Waals surface area contributed by atoms with Crippen molar-refractivity contribution in [2.75, 3.05) is 11.5 Å². The number of nitrogens with two attached hydrogens (primary N) is 2. The van der Waals surface area contributed by atoms with E-state index in [1.165, 1.54) is 18.3 Å². The van der Waals surface area contributed by atoms with Gasteiger partial charge in [0.05, 0.1) is 5.69 Å². The van der Waals surface area contributed by atoms with E-state index < -0.39 is 0 Å². The Morgan fingerprint density at radius 2 is 1.87 bits per heavy atom. The highest BCUT2D eigenvalue weighted by Crippen LogP contribution is 2.26. The van der Waals surface area contributed by atoms with Crippen molar-refractivity contribution < 1.29 is 4.39 Å². The van der Waals surface area contributed by atoms with Crippen LogP contribution in [0.2, 0.25) is 0 Å². The maximum atomic E-state index is 13.0. The molecule has 4 N–H and O–H groups in total. The fraction of sp³-hybridized carbons (Fsp3) is 0. The molecule has 1 aromatic heterocycles. The quantitative estimate of drug-likeness (QED) is 0.697. The Kier molecular flexibility index (Phi) is 2.25. The number of rotatable bonds is 1. The van der Waals surface area contributed by atoms with Crippen LogP contribution in [0.5, 0.6) is 0 Å². The average molecular weight is 203 g/mol. The van der Waals surface area contributed by atoms with Crippen LogP contribution in [0.15, 0.2) is 36.5 Å². The number of benzene rings is 1. The summed E-state index contributed by atoms with van der Waals surface area (Å²) in [5.74, 6) is -0.346. The summed E-state index contributed by atoms with van der Waals surface area (Å²) >= 11 is 0. The molecular weight excluding hydrogens is 193 g/mol. The first-order chi connectivity index (χ1) is 7.16. The minimum Gasteiger partial charge on any atom is -0.399 e. The minimum absolute atomic E-state index is 0.346. The number of hydrogen-bond donors (Lipinski definition) is 2. The standard InChI is InChI=1S/C11H10FN3/c12-7-3-4-15-11(5-7)9-6-8(13)1-2-10(9)14/h1-6H,13-14H2. The molecular formula is C11H10FN3. The minimum atomic E-state index is -0.346. The Morgan fingerprint density at radius 3 is 2.60 bits per heavy atom. The van der Waals surface area contributed by atoms with Gasteiger partial charge in [-0.3, -0.25) is 4.98 Å². The van der Waals surface area contributed by atoms with E-state index in [1.807, 2.05) is 0 Å². The molecule has 0 bridgehead atoms. The molecule has 2 rings (SSSR count). The maximum Gasteiger partial charge on any atom is 0.126 e. The topological polar surface area (TPSA) is 64.9 Å². The molecule has 4 heteroatoms. The Bertz CT molecular complexity index is 497. The lowest BCUT2D eigenvalue weighted by molar-refractivity contribution is 0.626. The lowest BCUT2D eigenvalue weighted by Gasteiger charge is -2.05. The highest BCUT2D eigenvalue weighted by atomic mass is 19.1. The van der Waals surface area contributed by atoms with Crippen molar-refractivity contribution in [2.24, 2.45) is 0 Å². The van der Waals surface area contributed by atoms with E-state index in [-0.39, 0.29) is 5.82 Å². The molecule has 0 aliphatic heterocycles. The summed E-state index contributed by atoms with van der Waals surface area (Å²) in [5.41, 5.74) is 13.6. The molecule has 1 aromatic carbocycles. The number of hydrogen-bond acceptors (Lipinski definition) is 3. The summed E-state index contributed by atoms with van der Waals surface area (Å²) in [6.07, 6.45) is 1.40.